The van der Waals surface area contributed by atoms with Gasteiger partial charge in [0.05, 0.1) is 23.1 Å². The van der Waals surface area contributed by atoms with Crippen molar-refractivity contribution in [3.63, 3.8) is 0 Å². The largest absolute Gasteiger partial charge is 0.350 e. The van der Waals surface area contributed by atoms with E-state index in [0.717, 1.165) is 25.1 Å². The third kappa shape index (κ3) is 3.42. The Kier molecular flexibility index (Phi) is 5.11. The number of amides is 1. The molecule has 24 heavy (non-hydrogen) atoms. The van der Waals surface area contributed by atoms with Gasteiger partial charge < -0.3 is 9.88 Å². The quantitative estimate of drug-likeness (QED) is 0.909. The molecule has 3 heterocycles. The highest BCUT2D eigenvalue weighted by Crippen LogP contribution is 2.34. The van der Waals surface area contributed by atoms with E-state index in [2.05, 4.69) is 32.2 Å². The third-order valence-electron chi connectivity index (χ3n) is 4.57. The van der Waals surface area contributed by atoms with Crippen LogP contribution in [0.25, 0.3) is 0 Å². The smallest absolute Gasteiger partial charge is 0.271 e. The average Bonchev–Trinajstić information content (AvgIpc) is 2.99. The Morgan fingerprint density at radius 2 is 2.21 bits per heavy atom. The number of likely N-dealkylation sites (tertiary alicyclic amines) is 1. The maximum atomic E-state index is 12.3. The van der Waals surface area contributed by atoms with Crippen molar-refractivity contribution in [1.82, 2.24) is 29.7 Å². The number of carbonyl (C=O) groups is 1. The van der Waals surface area contributed by atoms with Crippen LogP contribution >= 0.6 is 11.6 Å². The lowest BCUT2D eigenvalue weighted by Gasteiger charge is -2.39. The monoisotopic (exact) mass is 348 g/mol. The fraction of sp³-hybridized carbons (Fsp3) is 0.500. The maximum absolute atomic E-state index is 12.3. The van der Waals surface area contributed by atoms with Gasteiger partial charge >= 0.3 is 0 Å². The van der Waals surface area contributed by atoms with E-state index in [1.54, 1.807) is 0 Å². The van der Waals surface area contributed by atoms with E-state index in [0.29, 0.717) is 12.5 Å². The average molecular weight is 349 g/mol. The van der Waals surface area contributed by atoms with Gasteiger partial charge in [0.15, 0.2) is 0 Å². The second kappa shape index (κ2) is 7.27. The van der Waals surface area contributed by atoms with Crippen LogP contribution < -0.4 is 5.32 Å². The summed E-state index contributed by atoms with van der Waals surface area (Å²) in [5, 5.41) is 3.23. The third-order valence-corrected chi connectivity index (χ3v) is 4.85. The number of rotatable bonds is 4. The molecule has 7 nitrogen and oxygen atoms in total. The summed E-state index contributed by atoms with van der Waals surface area (Å²) in [7, 11) is 4.12. The lowest BCUT2D eigenvalue weighted by molar-refractivity contribution is 0.0877. The van der Waals surface area contributed by atoms with Crippen LogP contribution in [0.2, 0.25) is 5.02 Å². The summed E-state index contributed by atoms with van der Waals surface area (Å²) in [6.07, 6.45) is 8.64. The van der Waals surface area contributed by atoms with Crippen molar-refractivity contribution in [3.05, 3.63) is 41.5 Å². The van der Waals surface area contributed by atoms with Crippen LogP contribution in [0.4, 0.5) is 0 Å². The van der Waals surface area contributed by atoms with Gasteiger partial charge in [0, 0.05) is 26.0 Å². The second-order valence-electron chi connectivity index (χ2n) is 6.19. The highest BCUT2D eigenvalue weighted by Gasteiger charge is 2.32. The number of hydrogen-bond acceptors (Lipinski definition) is 5. The van der Waals surface area contributed by atoms with Crippen LogP contribution in [-0.4, -0.2) is 50.5 Å². The fourth-order valence-electron chi connectivity index (χ4n) is 3.38. The van der Waals surface area contributed by atoms with E-state index < -0.39 is 0 Å². The van der Waals surface area contributed by atoms with Gasteiger partial charge in [-0.05, 0) is 32.4 Å². The molecule has 1 aliphatic heterocycles. The Morgan fingerprint density at radius 1 is 1.38 bits per heavy atom. The summed E-state index contributed by atoms with van der Waals surface area (Å²) in [6.45, 7) is 1.61. The molecular weight excluding hydrogens is 328 g/mol. The Balaban J connectivity index is 1.72. The Bertz CT molecular complexity index is 718. The molecule has 1 aliphatic rings. The number of halogens is 1. The van der Waals surface area contributed by atoms with Crippen molar-refractivity contribution in [1.29, 1.82) is 0 Å². The number of imidazole rings is 1. The van der Waals surface area contributed by atoms with Gasteiger partial charge in [-0.3, -0.25) is 9.69 Å². The molecule has 0 spiro atoms. The molecule has 0 aromatic carbocycles. The van der Waals surface area contributed by atoms with Gasteiger partial charge in [-0.2, -0.15) is 0 Å². The number of carbonyl (C=O) groups excluding carboxylic acids is 1. The summed E-state index contributed by atoms with van der Waals surface area (Å²) in [6, 6.07) is 0.229. The van der Waals surface area contributed by atoms with E-state index >= 15 is 0 Å². The second-order valence-corrected chi connectivity index (χ2v) is 6.59. The summed E-state index contributed by atoms with van der Waals surface area (Å²) in [5.74, 6) is 0.0445. The lowest BCUT2D eigenvalue weighted by Crippen LogP contribution is -2.42. The van der Waals surface area contributed by atoms with Gasteiger partial charge in [-0.1, -0.05) is 11.6 Å². The van der Waals surface area contributed by atoms with Crippen molar-refractivity contribution in [3.8, 4) is 0 Å². The summed E-state index contributed by atoms with van der Waals surface area (Å²) in [5.41, 5.74) is 1.38. The molecule has 2 aromatic rings. The SMILES string of the molecule is CN1CCC[C@@H](CNC(=O)c2ncncc2Cl)[C@@H]1c1cncn1C. The predicted octanol–water partition coefficient (Wildman–Crippen LogP) is 1.68. The first-order valence-electron chi connectivity index (χ1n) is 7.98. The molecule has 0 bridgehead atoms. The lowest BCUT2D eigenvalue weighted by atomic mass is 9.87. The van der Waals surface area contributed by atoms with E-state index in [9.17, 15) is 4.79 Å². The van der Waals surface area contributed by atoms with E-state index in [1.807, 2.05) is 24.1 Å². The number of piperidine rings is 1. The molecule has 3 rings (SSSR count). The van der Waals surface area contributed by atoms with Crippen molar-refractivity contribution in [2.75, 3.05) is 20.1 Å². The summed E-state index contributed by atoms with van der Waals surface area (Å²) >= 11 is 5.99. The van der Waals surface area contributed by atoms with Crippen LogP contribution in [0, 0.1) is 5.92 Å². The number of aryl methyl sites for hydroxylation is 1. The van der Waals surface area contributed by atoms with Crippen LogP contribution in [0.3, 0.4) is 0 Å². The minimum Gasteiger partial charge on any atom is -0.350 e. The molecule has 0 radical (unpaired) electrons. The molecule has 0 unspecified atom stereocenters. The highest BCUT2D eigenvalue weighted by molar-refractivity contribution is 6.33. The molecule has 2 aromatic heterocycles. The van der Waals surface area contributed by atoms with Gasteiger partial charge in [0.1, 0.15) is 12.0 Å². The van der Waals surface area contributed by atoms with Crippen LogP contribution in [0.15, 0.2) is 25.0 Å². The van der Waals surface area contributed by atoms with Crippen molar-refractivity contribution in [2.45, 2.75) is 18.9 Å². The van der Waals surface area contributed by atoms with Gasteiger partial charge in [0.25, 0.3) is 5.91 Å². The van der Waals surface area contributed by atoms with Gasteiger partial charge in [-0.25, -0.2) is 15.0 Å². The first-order valence-corrected chi connectivity index (χ1v) is 8.36. The first kappa shape index (κ1) is 16.9. The zero-order valence-corrected chi connectivity index (χ0v) is 14.6. The van der Waals surface area contributed by atoms with Crippen LogP contribution in [-0.2, 0) is 7.05 Å². The predicted molar refractivity (Wildman–Crippen MR) is 90.7 cm³/mol. The highest BCUT2D eigenvalue weighted by atomic mass is 35.5. The number of aromatic nitrogens is 4. The van der Waals surface area contributed by atoms with Crippen LogP contribution in [0.1, 0.15) is 35.1 Å². The molecule has 1 saturated heterocycles. The van der Waals surface area contributed by atoms with Crippen molar-refractivity contribution >= 4 is 17.5 Å². The Labute approximate surface area is 146 Å². The molecule has 2 atom stereocenters. The molecule has 1 amide bonds. The number of nitrogens with one attached hydrogen (secondary N) is 1. The van der Waals surface area contributed by atoms with Crippen molar-refractivity contribution < 1.29 is 4.79 Å². The molecule has 1 fully saturated rings. The summed E-state index contributed by atoms with van der Waals surface area (Å²) < 4.78 is 2.04. The van der Waals surface area contributed by atoms with E-state index in [4.69, 9.17) is 11.6 Å². The Morgan fingerprint density at radius 3 is 2.92 bits per heavy atom. The zero-order chi connectivity index (χ0) is 17.1. The van der Waals surface area contributed by atoms with Crippen molar-refractivity contribution in [2.24, 2.45) is 13.0 Å². The molecular formula is C16H21ClN6O. The molecule has 8 heteroatoms. The normalized spacial score (nSPS) is 21.6. The number of nitrogens with zero attached hydrogens (tertiary/aromatic N) is 5. The van der Waals surface area contributed by atoms with Gasteiger partial charge in [-0.15, -0.1) is 0 Å². The molecule has 0 aliphatic carbocycles. The van der Waals surface area contributed by atoms with Gasteiger partial charge in [0.2, 0.25) is 0 Å². The molecule has 1 N–H and O–H groups in total. The Hall–Kier alpha value is -1.99. The summed E-state index contributed by atoms with van der Waals surface area (Å²) in [4.78, 5) is 26.7. The molecule has 128 valence electrons. The fourth-order valence-corrected chi connectivity index (χ4v) is 3.57. The van der Waals surface area contributed by atoms with E-state index in [1.165, 1.54) is 12.5 Å². The number of hydrogen-bond donors (Lipinski definition) is 1. The van der Waals surface area contributed by atoms with E-state index in [-0.39, 0.29) is 22.7 Å². The molecule has 0 saturated carbocycles. The minimum atomic E-state index is -0.264. The standard InChI is InChI=1S/C16H21ClN6O/c1-22-5-3-4-11(15(22)13-8-19-10-23(13)2)6-20-16(24)14-12(17)7-18-9-21-14/h7-11,15H,3-6H2,1-2H3,(H,20,24)/t11-,15+/m0/s1. The van der Waals surface area contributed by atoms with Crippen LogP contribution in [0.5, 0.6) is 0 Å². The first-order chi connectivity index (χ1) is 11.6. The topological polar surface area (TPSA) is 75.9 Å². The minimum absolute atomic E-state index is 0.216. The maximum Gasteiger partial charge on any atom is 0.271 e. The zero-order valence-electron chi connectivity index (χ0n) is 13.8.